The van der Waals surface area contributed by atoms with Crippen LogP contribution < -0.4 is 10.5 Å². The summed E-state index contributed by atoms with van der Waals surface area (Å²) in [6.07, 6.45) is 0. The molecule has 2 amide bonds. The van der Waals surface area contributed by atoms with E-state index in [4.69, 9.17) is 10.5 Å². The van der Waals surface area contributed by atoms with Crippen LogP contribution in [0.25, 0.3) is 0 Å². The van der Waals surface area contributed by atoms with Gasteiger partial charge >= 0.3 is 0 Å². The van der Waals surface area contributed by atoms with Crippen molar-refractivity contribution in [2.45, 2.75) is 26.8 Å². The second-order valence-electron chi connectivity index (χ2n) is 6.19. The Bertz CT molecular complexity index is 587. The quantitative estimate of drug-likeness (QED) is 0.858. The van der Waals surface area contributed by atoms with Gasteiger partial charge < -0.3 is 20.3 Å². The first-order valence-corrected chi connectivity index (χ1v) is 8.51. The predicted octanol–water partition coefficient (Wildman–Crippen LogP) is 1.77. The average molecular weight is 370 g/mol. The summed E-state index contributed by atoms with van der Waals surface area (Å²) in [5.41, 5.74) is 6.39. The van der Waals surface area contributed by atoms with Gasteiger partial charge in [-0.3, -0.25) is 9.59 Å². The van der Waals surface area contributed by atoms with Gasteiger partial charge in [-0.05, 0) is 26.0 Å². The second-order valence-corrected chi connectivity index (χ2v) is 6.19. The Hall–Kier alpha value is -1.79. The molecule has 0 aliphatic carbocycles. The molecule has 1 saturated heterocycles. The maximum atomic E-state index is 12.7. The molecule has 2 N–H and O–H groups in total. The third-order valence-corrected chi connectivity index (χ3v) is 4.47. The van der Waals surface area contributed by atoms with Crippen LogP contribution >= 0.6 is 12.4 Å². The molecule has 6 nitrogen and oxygen atoms in total. The van der Waals surface area contributed by atoms with Gasteiger partial charge in [0.1, 0.15) is 5.75 Å². The molecule has 1 aliphatic rings. The molecule has 2 atom stereocenters. The van der Waals surface area contributed by atoms with Crippen LogP contribution in [0.4, 0.5) is 0 Å². The Morgan fingerprint density at radius 3 is 2.24 bits per heavy atom. The van der Waals surface area contributed by atoms with E-state index >= 15 is 0 Å². The zero-order chi connectivity index (χ0) is 17.7. The molecule has 1 aromatic rings. The summed E-state index contributed by atoms with van der Waals surface area (Å²) in [6, 6.07) is 7.10. The van der Waals surface area contributed by atoms with Crippen LogP contribution in [-0.4, -0.2) is 60.4 Å². The number of rotatable bonds is 5. The number of carbonyl (C=O) groups is 2. The summed E-state index contributed by atoms with van der Waals surface area (Å²) < 4.78 is 5.54. The molecule has 0 radical (unpaired) electrons. The topological polar surface area (TPSA) is 75.9 Å². The van der Waals surface area contributed by atoms with E-state index in [9.17, 15) is 9.59 Å². The average Bonchev–Trinajstić information content (AvgIpc) is 2.60. The van der Waals surface area contributed by atoms with Crippen molar-refractivity contribution in [2.24, 2.45) is 11.7 Å². The summed E-state index contributed by atoms with van der Waals surface area (Å²) in [7, 11) is 0. The Balaban J connectivity index is 0.00000312. The molecule has 2 rings (SSSR count). The molecule has 0 bridgehead atoms. The zero-order valence-corrected chi connectivity index (χ0v) is 15.9. The smallest absolute Gasteiger partial charge is 0.257 e. The Labute approximate surface area is 155 Å². The number of ether oxygens (including phenoxy) is 1. The van der Waals surface area contributed by atoms with Crippen molar-refractivity contribution in [1.82, 2.24) is 9.80 Å². The van der Waals surface area contributed by atoms with E-state index < -0.39 is 0 Å². The van der Waals surface area contributed by atoms with Crippen molar-refractivity contribution in [2.75, 3.05) is 32.8 Å². The van der Waals surface area contributed by atoms with Gasteiger partial charge in [-0.25, -0.2) is 0 Å². The van der Waals surface area contributed by atoms with Crippen molar-refractivity contribution >= 4 is 24.2 Å². The van der Waals surface area contributed by atoms with Gasteiger partial charge in [0, 0.05) is 32.2 Å². The van der Waals surface area contributed by atoms with Crippen molar-refractivity contribution < 1.29 is 14.3 Å². The molecule has 1 fully saturated rings. The summed E-state index contributed by atoms with van der Waals surface area (Å²) in [6.45, 7) is 8.23. The first kappa shape index (κ1) is 21.3. The Morgan fingerprint density at radius 1 is 1.12 bits per heavy atom. The van der Waals surface area contributed by atoms with Crippen molar-refractivity contribution in [3.05, 3.63) is 29.8 Å². The summed E-state index contributed by atoms with van der Waals surface area (Å²) >= 11 is 0. The van der Waals surface area contributed by atoms with Crippen LogP contribution in [0.2, 0.25) is 0 Å². The number of benzene rings is 1. The minimum atomic E-state index is -0.203. The number of piperazine rings is 1. The van der Waals surface area contributed by atoms with Gasteiger partial charge in [-0.1, -0.05) is 19.1 Å². The number of hydrogen-bond donors (Lipinski definition) is 1. The highest BCUT2D eigenvalue weighted by Gasteiger charge is 2.29. The Morgan fingerprint density at radius 2 is 1.68 bits per heavy atom. The van der Waals surface area contributed by atoms with Crippen LogP contribution in [0.3, 0.4) is 0 Å². The normalized spacial score (nSPS) is 16.6. The highest BCUT2D eigenvalue weighted by atomic mass is 35.5. The summed E-state index contributed by atoms with van der Waals surface area (Å²) in [5.74, 6) is 0.415. The first-order valence-electron chi connectivity index (χ1n) is 8.51. The fourth-order valence-electron chi connectivity index (χ4n) is 2.74. The van der Waals surface area contributed by atoms with Crippen LogP contribution in [0, 0.1) is 5.92 Å². The van der Waals surface area contributed by atoms with E-state index in [0.717, 1.165) is 0 Å². The second kappa shape index (κ2) is 9.63. The minimum absolute atomic E-state index is 0. The molecule has 1 heterocycles. The van der Waals surface area contributed by atoms with Gasteiger partial charge in [0.15, 0.2) is 0 Å². The van der Waals surface area contributed by atoms with Gasteiger partial charge in [0.2, 0.25) is 5.91 Å². The molecule has 0 spiro atoms. The SMILES string of the molecule is CCOc1ccccc1C(=O)N1CCN(C(=O)C(C)C(C)N)CC1.Cl. The van der Waals surface area contributed by atoms with Crippen molar-refractivity contribution in [3.8, 4) is 5.75 Å². The third kappa shape index (κ3) is 5.09. The summed E-state index contributed by atoms with van der Waals surface area (Å²) in [4.78, 5) is 28.7. The van der Waals surface area contributed by atoms with E-state index in [-0.39, 0.29) is 36.2 Å². The standard InChI is InChI=1S/C18H27N3O3.ClH/c1-4-24-16-8-6-5-7-15(16)18(23)21-11-9-20(10-12-21)17(22)13(2)14(3)19;/h5-8,13-14H,4,9-12,19H2,1-3H3;1H. The van der Waals surface area contributed by atoms with E-state index in [1.165, 1.54) is 0 Å². The molecule has 7 heteroatoms. The van der Waals surface area contributed by atoms with Crippen LogP contribution in [0.15, 0.2) is 24.3 Å². The lowest BCUT2D eigenvalue weighted by molar-refractivity contribution is -0.137. The molecular weight excluding hydrogens is 342 g/mol. The van der Waals surface area contributed by atoms with Crippen LogP contribution in [0.5, 0.6) is 5.75 Å². The van der Waals surface area contributed by atoms with Gasteiger partial charge in [0.05, 0.1) is 18.1 Å². The molecule has 25 heavy (non-hydrogen) atoms. The highest BCUT2D eigenvalue weighted by Crippen LogP contribution is 2.21. The van der Waals surface area contributed by atoms with Crippen molar-refractivity contribution in [1.29, 1.82) is 0 Å². The molecule has 1 aliphatic heterocycles. The third-order valence-electron chi connectivity index (χ3n) is 4.47. The predicted molar refractivity (Wildman–Crippen MR) is 100 cm³/mol. The minimum Gasteiger partial charge on any atom is -0.493 e. The highest BCUT2D eigenvalue weighted by molar-refractivity contribution is 5.97. The lowest BCUT2D eigenvalue weighted by Crippen LogP contribution is -2.53. The van der Waals surface area contributed by atoms with E-state index in [2.05, 4.69) is 0 Å². The molecule has 140 valence electrons. The number of nitrogens with two attached hydrogens (primary N) is 1. The van der Waals surface area contributed by atoms with E-state index in [0.29, 0.717) is 44.1 Å². The monoisotopic (exact) mass is 369 g/mol. The number of halogens is 1. The maximum Gasteiger partial charge on any atom is 0.257 e. The molecule has 1 aromatic carbocycles. The first-order chi connectivity index (χ1) is 11.5. The molecule has 2 unspecified atom stereocenters. The van der Waals surface area contributed by atoms with E-state index in [1.54, 1.807) is 21.9 Å². The molecular formula is C18H28ClN3O3. The van der Waals surface area contributed by atoms with Crippen LogP contribution in [-0.2, 0) is 4.79 Å². The number of amides is 2. The lowest BCUT2D eigenvalue weighted by Gasteiger charge is -2.36. The number of nitrogens with zero attached hydrogens (tertiary/aromatic N) is 2. The summed E-state index contributed by atoms with van der Waals surface area (Å²) in [5, 5.41) is 0. The largest absolute Gasteiger partial charge is 0.493 e. The molecule has 0 aromatic heterocycles. The van der Waals surface area contributed by atoms with Gasteiger partial charge in [-0.15, -0.1) is 12.4 Å². The number of carbonyl (C=O) groups excluding carboxylic acids is 2. The van der Waals surface area contributed by atoms with E-state index in [1.807, 2.05) is 32.9 Å². The maximum absolute atomic E-state index is 12.7. The Kier molecular flexibility index (Phi) is 8.19. The lowest BCUT2D eigenvalue weighted by atomic mass is 10.0. The fraction of sp³-hybridized carbons (Fsp3) is 0.556. The zero-order valence-electron chi connectivity index (χ0n) is 15.1. The molecule has 0 saturated carbocycles. The fourth-order valence-corrected chi connectivity index (χ4v) is 2.74. The number of para-hydroxylation sites is 1. The number of hydrogen-bond acceptors (Lipinski definition) is 4. The van der Waals surface area contributed by atoms with Crippen LogP contribution in [0.1, 0.15) is 31.1 Å². The van der Waals surface area contributed by atoms with Gasteiger partial charge in [0.25, 0.3) is 5.91 Å². The van der Waals surface area contributed by atoms with Gasteiger partial charge in [-0.2, -0.15) is 0 Å². The van der Waals surface area contributed by atoms with Crippen molar-refractivity contribution in [3.63, 3.8) is 0 Å².